The van der Waals surface area contributed by atoms with Gasteiger partial charge in [0.05, 0.1) is 16.6 Å². The highest BCUT2D eigenvalue weighted by Gasteiger charge is 2.11. The van der Waals surface area contributed by atoms with Crippen LogP contribution in [0.1, 0.15) is 37.8 Å². The molecule has 0 spiro atoms. The van der Waals surface area contributed by atoms with E-state index in [9.17, 15) is 0 Å². The van der Waals surface area contributed by atoms with Crippen molar-refractivity contribution in [2.24, 2.45) is 0 Å². The number of aryl methyl sites for hydroxylation is 2. The molecule has 0 aliphatic heterocycles. The van der Waals surface area contributed by atoms with Gasteiger partial charge in [0.1, 0.15) is 22.6 Å². The Balaban J connectivity index is 2.55. The second-order valence-corrected chi connectivity index (χ2v) is 9.49. The Morgan fingerprint density at radius 1 is 0.926 bits per heavy atom. The first-order valence-electron chi connectivity index (χ1n) is 8.99. The lowest BCUT2D eigenvalue weighted by atomic mass is 10.0. The third-order valence-corrected chi connectivity index (χ3v) is 4.71. The minimum atomic E-state index is 0.237. The lowest BCUT2D eigenvalue weighted by Crippen LogP contribution is -2.06. The second kappa shape index (κ2) is 14.7. The molecule has 0 unspecified atom stereocenters. The van der Waals surface area contributed by atoms with Gasteiger partial charge in [-0.1, -0.05) is 37.0 Å². The van der Waals surface area contributed by atoms with Crippen LogP contribution in [0, 0.1) is 0 Å². The van der Waals surface area contributed by atoms with E-state index in [0.717, 1.165) is 40.6 Å². The molecule has 0 bridgehead atoms. The van der Waals surface area contributed by atoms with Gasteiger partial charge in [-0.25, -0.2) is 0 Å². The number of benzene rings is 1. The van der Waals surface area contributed by atoms with Crippen LogP contribution in [0.2, 0.25) is 0 Å². The Hall–Kier alpha value is -0.200. The van der Waals surface area contributed by atoms with Crippen LogP contribution >= 0.6 is 55.1 Å². The molecule has 7 heteroatoms. The van der Waals surface area contributed by atoms with E-state index in [-0.39, 0.29) is 4.49 Å². The molecule has 0 aliphatic rings. The molecule has 0 heterocycles. The number of hydrogen-bond donors (Lipinski definition) is 0. The van der Waals surface area contributed by atoms with Crippen LogP contribution < -0.4 is 9.47 Å². The minimum Gasteiger partial charge on any atom is -0.493 e. The first-order valence-corrected chi connectivity index (χ1v) is 11.3. The highest BCUT2D eigenvalue weighted by Crippen LogP contribution is 2.31. The predicted molar refractivity (Wildman–Crippen MR) is 122 cm³/mol. The smallest absolute Gasteiger partial charge is 0.125 e. The van der Waals surface area contributed by atoms with Crippen molar-refractivity contribution in [3.05, 3.63) is 43.3 Å². The fourth-order valence-electron chi connectivity index (χ4n) is 2.40. The van der Waals surface area contributed by atoms with Gasteiger partial charge in [0.2, 0.25) is 0 Å². The Kier molecular flexibility index (Phi) is 13.6. The highest BCUT2D eigenvalue weighted by atomic mass is 79.9. The van der Waals surface area contributed by atoms with Crippen LogP contribution in [0.25, 0.3) is 0 Å². The molecule has 0 N–H and O–H groups in total. The summed E-state index contributed by atoms with van der Waals surface area (Å²) >= 11 is 17.7. The maximum Gasteiger partial charge on any atom is 0.125 e. The van der Waals surface area contributed by atoms with Gasteiger partial charge < -0.3 is 14.2 Å². The summed E-state index contributed by atoms with van der Waals surface area (Å²) in [7, 11) is 0. The average molecular weight is 545 g/mol. The zero-order chi connectivity index (χ0) is 20.1. The SMILES string of the molecule is CCc1cc(OCC=C(Br)Br)cc(CC)c1OCCCCOCC=C(Cl)Cl. The standard InChI is InChI=1S/C20H26Br2Cl2O3/c1-3-15-13-17(26-12-7-18(21)22)14-16(4-2)20(15)27-10-6-5-9-25-11-8-19(23)24/h7-8,13-14H,3-6,9-12H2,1-2H3. The summed E-state index contributed by atoms with van der Waals surface area (Å²) in [5.41, 5.74) is 2.34. The molecule has 0 amide bonds. The van der Waals surface area contributed by atoms with Crippen molar-refractivity contribution in [1.82, 2.24) is 0 Å². The van der Waals surface area contributed by atoms with Crippen molar-refractivity contribution in [2.45, 2.75) is 39.5 Å². The number of unbranched alkanes of at least 4 members (excludes halogenated alkanes) is 1. The molecule has 0 aromatic heterocycles. The van der Waals surface area contributed by atoms with Gasteiger partial charge in [0.25, 0.3) is 0 Å². The molecule has 1 aromatic rings. The number of halogens is 4. The Morgan fingerprint density at radius 2 is 1.56 bits per heavy atom. The molecule has 3 nitrogen and oxygen atoms in total. The van der Waals surface area contributed by atoms with Gasteiger partial charge in [0, 0.05) is 6.61 Å². The first kappa shape index (κ1) is 24.8. The molecule has 0 saturated heterocycles. The Labute approximate surface area is 189 Å². The number of rotatable bonds is 13. The molecular formula is C20H26Br2Cl2O3. The van der Waals surface area contributed by atoms with Crippen molar-refractivity contribution in [3.8, 4) is 11.5 Å². The van der Waals surface area contributed by atoms with Gasteiger partial charge >= 0.3 is 0 Å². The Morgan fingerprint density at radius 3 is 2.11 bits per heavy atom. The Bertz CT molecular complexity index is 601. The number of ether oxygens (including phenoxy) is 3. The molecule has 1 aromatic carbocycles. The summed E-state index contributed by atoms with van der Waals surface area (Å²) in [4.78, 5) is 0. The average Bonchev–Trinajstić information content (AvgIpc) is 2.63. The van der Waals surface area contributed by atoms with E-state index >= 15 is 0 Å². The minimum absolute atomic E-state index is 0.237. The van der Waals surface area contributed by atoms with Crippen LogP contribution in [0.4, 0.5) is 0 Å². The van der Waals surface area contributed by atoms with E-state index in [1.54, 1.807) is 6.08 Å². The van der Waals surface area contributed by atoms with Crippen LogP contribution in [-0.4, -0.2) is 26.4 Å². The molecule has 0 atom stereocenters. The second-order valence-electron chi connectivity index (χ2n) is 5.71. The molecule has 0 radical (unpaired) electrons. The maximum absolute atomic E-state index is 6.10. The molecule has 0 aliphatic carbocycles. The van der Waals surface area contributed by atoms with Crippen molar-refractivity contribution in [3.63, 3.8) is 0 Å². The fourth-order valence-corrected chi connectivity index (χ4v) is 2.79. The zero-order valence-corrected chi connectivity index (χ0v) is 20.4. The van der Waals surface area contributed by atoms with E-state index < -0.39 is 0 Å². The lowest BCUT2D eigenvalue weighted by Gasteiger charge is -2.17. The highest BCUT2D eigenvalue weighted by molar-refractivity contribution is 9.28. The van der Waals surface area contributed by atoms with Gasteiger partial charge in [-0.15, -0.1) is 0 Å². The van der Waals surface area contributed by atoms with Gasteiger partial charge in [-0.05, 0) is 93.0 Å². The summed E-state index contributed by atoms with van der Waals surface area (Å²) in [5, 5.41) is 0. The van der Waals surface area contributed by atoms with Crippen LogP contribution in [0.5, 0.6) is 11.5 Å². The van der Waals surface area contributed by atoms with E-state index in [0.29, 0.717) is 26.4 Å². The van der Waals surface area contributed by atoms with E-state index in [2.05, 4.69) is 57.8 Å². The van der Waals surface area contributed by atoms with E-state index in [1.165, 1.54) is 11.1 Å². The monoisotopic (exact) mass is 542 g/mol. The quantitative estimate of drug-likeness (QED) is 0.244. The first-order chi connectivity index (χ1) is 13.0. The normalized spacial score (nSPS) is 10.4. The van der Waals surface area contributed by atoms with Crippen LogP contribution in [0.15, 0.2) is 32.2 Å². The fraction of sp³-hybridized carbons (Fsp3) is 0.500. The van der Waals surface area contributed by atoms with Crippen molar-refractivity contribution in [2.75, 3.05) is 26.4 Å². The maximum atomic E-state index is 6.10. The lowest BCUT2D eigenvalue weighted by molar-refractivity contribution is 0.152. The molecule has 152 valence electrons. The third kappa shape index (κ3) is 10.8. The van der Waals surface area contributed by atoms with Crippen molar-refractivity contribution < 1.29 is 14.2 Å². The predicted octanol–water partition coefficient (Wildman–Crippen LogP) is 7.32. The topological polar surface area (TPSA) is 27.7 Å². The molecular weight excluding hydrogens is 519 g/mol. The van der Waals surface area contributed by atoms with Gasteiger partial charge in [-0.2, -0.15) is 0 Å². The van der Waals surface area contributed by atoms with Crippen LogP contribution in [0.3, 0.4) is 0 Å². The zero-order valence-electron chi connectivity index (χ0n) is 15.7. The van der Waals surface area contributed by atoms with Crippen molar-refractivity contribution >= 4 is 55.1 Å². The number of hydrogen-bond acceptors (Lipinski definition) is 3. The van der Waals surface area contributed by atoms with Crippen molar-refractivity contribution in [1.29, 1.82) is 0 Å². The summed E-state index contributed by atoms with van der Waals surface area (Å²) in [5.74, 6) is 1.86. The van der Waals surface area contributed by atoms with E-state index in [1.807, 2.05) is 6.08 Å². The third-order valence-electron chi connectivity index (χ3n) is 3.75. The molecule has 0 saturated carbocycles. The summed E-state index contributed by atoms with van der Waals surface area (Å²) in [6.45, 7) is 6.52. The van der Waals surface area contributed by atoms with E-state index in [4.69, 9.17) is 37.4 Å². The molecule has 1 rings (SSSR count). The molecule has 27 heavy (non-hydrogen) atoms. The largest absolute Gasteiger partial charge is 0.493 e. The summed E-state index contributed by atoms with van der Waals surface area (Å²) in [6, 6.07) is 4.13. The summed E-state index contributed by atoms with van der Waals surface area (Å²) in [6.07, 6.45) is 7.19. The van der Waals surface area contributed by atoms with Crippen LogP contribution in [-0.2, 0) is 17.6 Å². The summed E-state index contributed by atoms with van der Waals surface area (Å²) < 4.78 is 18.5. The molecule has 0 fully saturated rings. The van der Waals surface area contributed by atoms with Gasteiger partial charge in [0.15, 0.2) is 0 Å². The van der Waals surface area contributed by atoms with Gasteiger partial charge in [-0.3, -0.25) is 0 Å².